The van der Waals surface area contributed by atoms with Gasteiger partial charge in [-0.15, -0.1) is 0 Å². The van der Waals surface area contributed by atoms with Crippen molar-refractivity contribution in [3.05, 3.63) is 223 Å². The zero-order valence-corrected chi connectivity index (χ0v) is 49.4. The minimum absolute atomic E-state index is 0.0425. The molecule has 0 N–H and O–H groups in total. The van der Waals surface area contributed by atoms with Crippen LogP contribution in [0.1, 0.15) is 36.5 Å². The predicted octanol–water partition coefficient (Wildman–Crippen LogP) is 12.4. The summed E-state index contributed by atoms with van der Waals surface area (Å²) in [6.45, 7) is 8.73. The number of aryl methyl sites for hydroxylation is 1. The van der Waals surface area contributed by atoms with Gasteiger partial charge in [-0.3, -0.25) is 13.5 Å². The Morgan fingerprint density at radius 3 is 1.42 bits per heavy atom. The van der Waals surface area contributed by atoms with Crippen molar-refractivity contribution in [1.82, 2.24) is 24.5 Å². The van der Waals surface area contributed by atoms with Gasteiger partial charge in [-0.05, 0) is 116 Å². The number of rotatable bonds is 19. The van der Waals surface area contributed by atoms with Crippen LogP contribution in [0.4, 0.5) is 0 Å². The Labute approximate surface area is 490 Å². The summed E-state index contributed by atoms with van der Waals surface area (Å²) in [5.41, 5.74) is 4.31. The summed E-state index contributed by atoms with van der Waals surface area (Å²) in [4.78, 5) is 2.64. The third kappa shape index (κ3) is 13.7. The number of likely N-dealkylation sites (N-methyl/N-ethyl adjacent to an activating group) is 1. The van der Waals surface area contributed by atoms with Gasteiger partial charge in [-0.25, -0.2) is 16.8 Å². The molecular formula is C66H65N5O10S3. The van der Waals surface area contributed by atoms with E-state index < -0.39 is 29.8 Å². The molecule has 1 fully saturated rings. The molecule has 0 aliphatic carbocycles. The van der Waals surface area contributed by atoms with Crippen LogP contribution in [0.2, 0.25) is 0 Å². The molecule has 3 heterocycles. The van der Waals surface area contributed by atoms with Crippen LogP contribution in [-0.2, 0) is 51.8 Å². The van der Waals surface area contributed by atoms with Gasteiger partial charge in [0, 0.05) is 41.3 Å². The predicted molar refractivity (Wildman–Crippen MR) is 328 cm³/mol. The van der Waals surface area contributed by atoms with Crippen molar-refractivity contribution >= 4 is 73.1 Å². The lowest BCUT2D eigenvalue weighted by atomic mass is 10.1. The van der Waals surface area contributed by atoms with Crippen molar-refractivity contribution < 1.29 is 43.6 Å². The van der Waals surface area contributed by atoms with Gasteiger partial charge in [0.15, 0.2) is 10.1 Å². The summed E-state index contributed by atoms with van der Waals surface area (Å²) < 4.78 is 107. The number of hydrogen-bond acceptors (Lipinski definition) is 13. The smallest absolute Gasteiger partial charge is 0.297 e. The van der Waals surface area contributed by atoms with Gasteiger partial charge in [0.1, 0.15) is 31.3 Å². The van der Waals surface area contributed by atoms with Crippen molar-refractivity contribution in [2.75, 3.05) is 53.2 Å². The average Bonchev–Trinajstić information content (AvgIpc) is 1.84. The van der Waals surface area contributed by atoms with E-state index in [1.807, 2.05) is 135 Å². The normalized spacial score (nSPS) is 12.8. The van der Waals surface area contributed by atoms with E-state index in [9.17, 15) is 25.3 Å². The fraction of sp³-hybridized carbons (Fsp3) is 0.212. The lowest BCUT2D eigenvalue weighted by Crippen LogP contribution is -2.23. The summed E-state index contributed by atoms with van der Waals surface area (Å²) in [6, 6.07) is 62.0. The molecule has 0 spiro atoms. The molecule has 432 valence electrons. The quantitative estimate of drug-likeness (QED) is 0.0552. The molecule has 0 bridgehead atoms. The first kappa shape index (κ1) is 58.9. The third-order valence-corrected chi connectivity index (χ3v) is 19.1. The Morgan fingerprint density at radius 1 is 0.500 bits per heavy atom. The summed E-state index contributed by atoms with van der Waals surface area (Å²) in [5, 5.41) is 13.2. The molecule has 0 radical (unpaired) electrons. The molecule has 12 rings (SSSR count). The summed E-state index contributed by atoms with van der Waals surface area (Å²) in [7, 11) is -9.87. The molecule has 15 nitrogen and oxygen atoms in total. The van der Waals surface area contributed by atoms with Crippen LogP contribution in [0.5, 0.6) is 11.5 Å². The van der Waals surface area contributed by atoms with Crippen molar-refractivity contribution in [2.45, 2.75) is 64.5 Å². The van der Waals surface area contributed by atoms with E-state index in [1.165, 1.54) is 25.0 Å². The van der Waals surface area contributed by atoms with Crippen LogP contribution in [0.25, 0.3) is 43.4 Å². The number of nitrogens with zero attached hydrogens (tertiary/aromatic N) is 5. The zero-order valence-electron chi connectivity index (χ0n) is 47.0. The molecule has 11 aromatic rings. The van der Waals surface area contributed by atoms with Crippen LogP contribution in [-0.4, -0.2) is 103 Å². The number of aromatic nitrogens is 4. The Kier molecular flexibility index (Phi) is 18.6. The topological polar surface area (TPSA) is 178 Å². The molecule has 0 saturated carbocycles. The second kappa shape index (κ2) is 26.6. The molecule has 0 atom stereocenters. The molecule has 1 saturated heterocycles. The van der Waals surface area contributed by atoms with E-state index in [2.05, 4.69) is 22.0 Å². The van der Waals surface area contributed by atoms with Crippen molar-refractivity contribution in [3.63, 3.8) is 0 Å². The van der Waals surface area contributed by atoms with Crippen LogP contribution in [0, 0.1) is 6.92 Å². The third-order valence-electron chi connectivity index (χ3n) is 14.3. The van der Waals surface area contributed by atoms with Crippen LogP contribution in [0.15, 0.2) is 231 Å². The Bertz CT molecular complexity index is 4380. The summed E-state index contributed by atoms with van der Waals surface area (Å²) >= 11 is 0. The molecule has 1 aliphatic rings. The van der Waals surface area contributed by atoms with E-state index in [0.29, 0.717) is 58.3 Å². The highest BCUT2D eigenvalue weighted by Crippen LogP contribution is 2.36. The second-order valence-electron chi connectivity index (χ2n) is 20.2. The fourth-order valence-electron chi connectivity index (χ4n) is 9.72. The molecule has 0 unspecified atom stereocenters. The van der Waals surface area contributed by atoms with Crippen LogP contribution < -0.4 is 9.47 Å². The lowest BCUT2D eigenvalue weighted by Gasteiger charge is -2.14. The first-order chi connectivity index (χ1) is 40.7. The number of sulfone groups is 2. The van der Waals surface area contributed by atoms with E-state index in [4.69, 9.17) is 18.4 Å². The SMILES string of the molecule is C1CCOC1.CCN(C)CCOc1ccc2c(c1)c(S(=O)(=O)c1cccc3ccccc13)nn2Cc1ccccc1.Cc1ccc(S(=O)(=O)OCCOc2ccc3c(c2)c(S(=O)(=O)c2cccc4ccccc24)nn3Cc2ccccc2)cc1. The Hall–Kier alpha value is -8.23. The summed E-state index contributed by atoms with van der Waals surface area (Å²) in [6.07, 6.45) is 2.56. The van der Waals surface area contributed by atoms with Crippen LogP contribution in [0.3, 0.4) is 0 Å². The first-order valence-corrected chi connectivity index (χ1v) is 32.1. The van der Waals surface area contributed by atoms with Gasteiger partial charge in [-0.1, -0.05) is 158 Å². The molecule has 0 amide bonds. The van der Waals surface area contributed by atoms with Gasteiger partial charge in [-0.2, -0.15) is 18.6 Å². The van der Waals surface area contributed by atoms with Gasteiger partial charge in [0.2, 0.25) is 19.7 Å². The number of benzene rings is 9. The first-order valence-electron chi connectivity index (χ1n) is 27.7. The maximum Gasteiger partial charge on any atom is 0.297 e. The number of ether oxygens (including phenoxy) is 3. The molecule has 18 heteroatoms. The Balaban J connectivity index is 0.000000175. The molecule has 84 heavy (non-hydrogen) atoms. The highest BCUT2D eigenvalue weighted by atomic mass is 32.2. The second-order valence-corrected chi connectivity index (χ2v) is 25.5. The zero-order chi connectivity index (χ0) is 58.7. The molecular weight excluding hydrogens is 1120 g/mol. The fourth-order valence-corrected chi connectivity index (χ4v) is 13.8. The molecule has 1 aliphatic heterocycles. The molecule has 2 aromatic heterocycles. The maximum absolute atomic E-state index is 14.2. The van der Waals surface area contributed by atoms with Crippen LogP contribution >= 0.6 is 0 Å². The minimum Gasteiger partial charge on any atom is -0.492 e. The van der Waals surface area contributed by atoms with E-state index in [0.717, 1.165) is 59.3 Å². The number of fused-ring (bicyclic) bond motifs is 4. The van der Waals surface area contributed by atoms with E-state index in [1.54, 1.807) is 82.2 Å². The monoisotopic (exact) mass is 1180 g/mol. The van der Waals surface area contributed by atoms with E-state index in [-0.39, 0.29) is 38.0 Å². The molecule has 9 aromatic carbocycles. The largest absolute Gasteiger partial charge is 0.492 e. The van der Waals surface area contributed by atoms with Crippen molar-refractivity contribution in [2.24, 2.45) is 0 Å². The lowest BCUT2D eigenvalue weighted by molar-refractivity contribution is 0.198. The highest BCUT2D eigenvalue weighted by Gasteiger charge is 2.30. The number of hydrogen-bond donors (Lipinski definition) is 0. The minimum atomic E-state index is -4.05. The highest BCUT2D eigenvalue weighted by molar-refractivity contribution is 7.92. The standard InChI is InChI=1S/C33H28N2O6S2.C29H29N3O3S.C4H8O/c1-24-14-17-28(18-15-24)43(38,39)41-21-20-40-27-16-19-31-30(22-27)33(34-35(31)23-25-8-3-2-4-9-25)42(36,37)32-13-7-11-26-10-5-6-12-29(26)32;1-3-31(2)18-19-35-24-16-17-27-26(20-24)29(30-32(27)21-22-10-5-4-6-11-22)36(33,34)28-15-9-13-23-12-7-8-14-25(23)28;1-2-4-5-3-1/h2-19,22H,20-21,23H2,1H3;4-17,20H,3,18-19,21H2,1-2H3;1-4H2. The van der Waals surface area contributed by atoms with Gasteiger partial charge in [0.05, 0.1) is 38.8 Å². The average molecular weight is 1180 g/mol. The van der Waals surface area contributed by atoms with Gasteiger partial charge < -0.3 is 19.1 Å². The van der Waals surface area contributed by atoms with Gasteiger partial charge >= 0.3 is 0 Å². The maximum atomic E-state index is 14.2. The van der Waals surface area contributed by atoms with Crippen molar-refractivity contribution in [3.8, 4) is 11.5 Å². The van der Waals surface area contributed by atoms with Crippen molar-refractivity contribution in [1.29, 1.82) is 0 Å². The van der Waals surface area contributed by atoms with Gasteiger partial charge in [0.25, 0.3) is 10.1 Å². The summed E-state index contributed by atoms with van der Waals surface area (Å²) in [5.74, 6) is 0.984. The van der Waals surface area contributed by atoms with E-state index >= 15 is 0 Å². The Morgan fingerprint density at radius 2 is 0.952 bits per heavy atom.